The van der Waals surface area contributed by atoms with Gasteiger partial charge in [0.1, 0.15) is 0 Å². The van der Waals surface area contributed by atoms with Gasteiger partial charge in [0.05, 0.1) is 0 Å². The highest BCUT2D eigenvalue weighted by atomic mass is 15.2. The molecule has 1 saturated carbocycles. The monoisotopic (exact) mass is 295 g/mol. The summed E-state index contributed by atoms with van der Waals surface area (Å²) in [6.07, 6.45) is 4.29. The molecule has 0 spiro atoms. The van der Waals surface area contributed by atoms with E-state index in [0.29, 0.717) is 18.0 Å². The van der Waals surface area contributed by atoms with Crippen molar-refractivity contribution in [1.29, 1.82) is 0 Å². The SMILES string of the molecule is CC(C)C(CNC1C2CCCC1CN(C(C)C)C2)N(C)C. The van der Waals surface area contributed by atoms with Crippen molar-refractivity contribution in [3.8, 4) is 0 Å². The lowest BCUT2D eigenvalue weighted by Crippen LogP contribution is -2.59. The Labute approximate surface area is 132 Å². The van der Waals surface area contributed by atoms with Crippen molar-refractivity contribution < 1.29 is 0 Å². The second kappa shape index (κ2) is 7.43. The van der Waals surface area contributed by atoms with Gasteiger partial charge in [0, 0.05) is 37.8 Å². The molecule has 0 aromatic carbocycles. The number of likely N-dealkylation sites (tertiary alicyclic amines) is 1. The molecule has 1 saturated heterocycles. The molecule has 2 aliphatic rings. The molecule has 2 fully saturated rings. The maximum atomic E-state index is 3.98. The number of nitrogens with zero attached hydrogens (tertiary/aromatic N) is 2. The molecule has 1 heterocycles. The molecule has 3 atom stereocenters. The van der Waals surface area contributed by atoms with Crippen molar-refractivity contribution in [2.45, 2.75) is 65.1 Å². The molecule has 21 heavy (non-hydrogen) atoms. The first-order valence-electron chi connectivity index (χ1n) is 9.04. The topological polar surface area (TPSA) is 18.5 Å². The molecular formula is C18H37N3. The van der Waals surface area contributed by atoms with Crippen LogP contribution < -0.4 is 5.32 Å². The van der Waals surface area contributed by atoms with E-state index in [1.54, 1.807) is 0 Å². The quantitative estimate of drug-likeness (QED) is 0.813. The van der Waals surface area contributed by atoms with Gasteiger partial charge in [0.2, 0.25) is 0 Å². The number of nitrogens with one attached hydrogen (secondary N) is 1. The van der Waals surface area contributed by atoms with Gasteiger partial charge in [-0.15, -0.1) is 0 Å². The van der Waals surface area contributed by atoms with Crippen LogP contribution in [0, 0.1) is 17.8 Å². The van der Waals surface area contributed by atoms with Gasteiger partial charge in [-0.2, -0.15) is 0 Å². The van der Waals surface area contributed by atoms with E-state index >= 15 is 0 Å². The molecule has 2 rings (SSSR count). The molecule has 0 amide bonds. The van der Waals surface area contributed by atoms with Gasteiger partial charge in [-0.1, -0.05) is 20.3 Å². The average Bonchev–Trinajstić information content (AvgIpc) is 2.36. The first-order valence-corrected chi connectivity index (χ1v) is 9.04. The summed E-state index contributed by atoms with van der Waals surface area (Å²) in [6.45, 7) is 13.1. The third-order valence-electron chi connectivity index (χ3n) is 5.83. The highest BCUT2D eigenvalue weighted by molar-refractivity contribution is 4.96. The Morgan fingerprint density at radius 2 is 1.62 bits per heavy atom. The van der Waals surface area contributed by atoms with Crippen LogP contribution in [0.25, 0.3) is 0 Å². The van der Waals surface area contributed by atoms with Crippen molar-refractivity contribution in [1.82, 2.24) is 15.1 Å². The van der Waals surface area contributed by atoms with E-state index in [-0.39, 0.29) is 0 Å². The molecule has 1 aliphatic heterocycles. The number of hydrogen-bond donors (Lipinski definition) is 1. The fraction of sp³-hybridized carbons (Fsp3) is 1.00. The lowest BCUT2D eigenvalue weighted by Gasteiger charge is -2.49. The van der Waals surface area contributed by atoms with Gasteiger partial charge >= 0.3 is 0 Å². The van der Waals surface area contributed by atoms with Gasteiger partial charge in [-0.05, 0) is 58.5 Å². The first-order chi connectivity index (χ1) is 9.90. The van der Waals surface area contributed by atoms with Crippen LogP contribution in [0.1, 0.15) is 47.0 Å². The van der Waals surface area contributed by atoms with Crippen molar-refractivity contribution in [3.63, 3.8) is 0 Å². The summed E-state index contributed by atoms with van der Waals surface area (Å²) < 4.78 is 0. The molecule has 3 unspecified atom stereocenters. The van der Waals surface area contributed by atoms with Crippen LogP contribution >= 0.6 is 0 Å². The van der Waals surface area contributed by atoms with Crippen molar-refractivity contribution in [2.24, 2.45) is 17.8 Å². The van der Waals surface area contributed by atoms with Gasteiger partial charge in [-0.3, -0.25) is 0 Å². The predicted molar refractivity (Wildman–Crippen MR) is 91.6 cm³/mol. The summed E-state index contributed by atoms with van der Waals surface area (Å²) in [6, 6.07) is 2.11. The molecule has 3 heteroatoms. The standard InChI is InChI=1S/C18H37N3/c1-13(2)17(20(5)6)10-19-18-15-8-7-9-16(18)12-21(11-15)14(3)4/h13-19H,7-12H2,1-6H3. The maximum Gasteiger partial charge on any atom is 0.0237 e. The van der Waals surface area contributed by atoms with E-state index in [2.05, 4.69) is 56.9 Å². The Hall–Kier alpha value is -0.120. The molecule has 0 aromatic rings. The zero-order valence-corrected chi connectivity index (χ0v) is 15.1. The highest BCUT2D eigenvalue weighted by Crippen LogP contribution is 2.35. The smallest absolute Gasteiger partial charge is 0.0237 e. The van der Waals surface area contributed by atoms with Gasteiger partial charge in [0.25, 0.3) is 0 Å². The Morgan fingerprint density at radius 1 is 1.05 bits per heavy atom. The molecule has 0 aromatic heterocycles. The first kappa shape index (κ1) is 17.2. The Balaban J connectivity index is 1.94. The summed E-state index contributed by atoms with van der Waals surface area (Å²) in [5.41, 5.74) is 0. The summed E-state index contributed by atoms with van der Waals surface area (Å²) in [7, 11) is 4.43. The second-order valence-corrected chi connectivity index (χ2v) is 8.21. The second-order valence-electron chi connectivity index (χ2n) is 8.21. The maximum absolute atomic E-state index is 3.98. The highest BCUT2D eigenvalue weighted by Gasteiger charge is 2.40. The molecule has 2 bridgehead atoms. The summed E-state index contributed by atoms with van der Waals surface area (Å²) in [5, 5.41) is 3.98. The van der Waals surface area contributed by atoms with Crippen molar-refractivity contribution in [2.75, 3.05) is 33.7 Å². The van der Waals surface area contributed by atoms with Crippen LogP contribution in [-0.4, -0.2) is 61.7 Å². The van der Waals surface area contributed by atoms with Crippen LogP contribution in [0.3, 0.4) is 0 Å². The zero-order chi connectivity index (χ0) is 15.6. The number of piperidine rings is 1. The lowest BCUT2D eigenvalue weighted by atomic mass is 9.73. The van der Waals surface area contributed by atoms with Crippen LogP contribution in [0.4, 0.5) is 0 Å². The third kappa shape index (κ3) is 4.20. The largest absolute Gasteiger partial charge is 0.312 e. The van der Waals surface area contributed by atoms with E-state index in [9.17, 15) is 0 Å². The Bertz CT molecular complexity index is 292. The van der Waals surface area contributed by atoms with Gasteiger partial charge < -0.3 is 15.1 Å². The molecular weight excluding hydrogens is 258 g/mol. The van der Waals surface area contributed by atoms with Crippen molar-refractivity contribution in [3.05, 3.63) is 0 Å². The summed E-state index contributed by atoms with van der Waals surface area (Å²) in [4.78, 5) is 5.09. The van der Waals surface area contributed by atoms with E-state index < -0.39 is 0 Å². The molecule has 1 N–H and O–H groups in total. The van der Waals surface area contributed by atoms with E-state index in [1.807, 2.05) is 0 Å². The van der Waals surface area contributed by atoms with E-state index in [1.165, 1.54) is 32.4 Å². The zero-order valence-electron chi connectivity index (χ0n) is 15.1. The van der Waals surface area contributed by atoms with E-state index in [0.717, 1.165) is 24.4 Å². The predicted octanol–water partition coefficient (Wildman–Crippen LogP) is 2.67. The Kier molecular flexibility index (Phi) is 6.10. The lowest BCUT2D eigenvalue weighted by molar-refractivity contribution is 0.0262. The molecule has 1 aliphatic carbocycles. The fourth-order valence-corrected chi connectivity index (χ4v) is 4.50. The van der Waals surface area contributed by atoms with Crippen LogP contribution in [-0.2, 0) is 0 Å². The molecule has 0 radical (unpaired) electrons. The Morgan fingerprint density at radius 3 is 2.05 bits per heavy atom. The normalized spacial score (nSPS) is 32.1. The fourth-order valence-electron chi connectivity index (χ4n) is 4.50. The summed E-state index contributed by atoms with van der Waals surface area (Å²) in [5.74, 6) is 2.45. The van der Waals surface area contributed by atoms with Gasteiger partial charge in [-0.25, -0.2) is 0 Å². The van der Waals surface area contributed by atoms with Crippen molar-refractivity contribution >= 4 is 0 Å². The van der Waals surface area contributed by atoms with Crippen LogP contribution in [0.15, 0.2) is 0 Å². The van der Waals surface area contributed by atoms with E-state index in [4.69, 9.17) is 0 Å². The van der Waals surface area contributed by atoms with Crippen LogP contribution in [0.2, 0.25) is 0 Å². The third-order valence-corrected chi connectivity index (χ3v) is 5.83. The van der Waals surface area contributed by atoms with Gasteiger partial charge in [0.15, 0.2) is 0 Å². The molecule has 124 valence electrons. The molecule has 3 nitrogen and oxygen atoms in total. The minimum Gasteiger partial charge on any atom is -0.312 e. The number of fused-ring (bicyclic) bond motifs is 2. The average molecular weight is 296 g/mol. The summed E-state index contributed by atoms with van der Waals surface area (Å²) >= 11 is 0. The van der Waals surface area contributed by atoms with Crippen LogP contribution in [0.5, 0.6) is 0 Å². The minimum absolute atomic E-state index is 0.647. The number of hydrogen-bond acceptors (Lipinski definition) is 3. The number of rotatable bonds is 6. The minimum atomic E-state index is 0.647. The number of likely N-dealkylation sites (N-methyl/N-ethyl adjacent to an activating group) is 1.